The zero-order valence-electron chi connectivity index (χ0n) is 12.6. The highest BCUT2D eigenvalue weighted by atomic mass is 19.1. The Kier molecular flexibility index (Phi) is 4.31. The molecule has 1 aromatic rings. The molecule has 0 aromatic heterocycles. The zero-order chi connectivity index (χ0) is 15.6. The minimum Gasteiger partial charge on any atom is -0.469 e. The van der Waals surface area contributed by atoms with Gasteiger partial charge in [0.2, 0.25) is 0 Å². The number of carbonyl (C=O) groups excluding carboxylic acids is 1. The Balaban J connectivity index is 1.66. The molecule has 0 atom stereocenters. The topological polar surface area (TPSA) is 48.0 Å². The number of esters is 1. The van der Waals surface area contributed by atoms with Crippen LogP contribution >= 0.6 is 0 Å². The predicted molar refractivity (Wildman–Crippen MR) is 78.2 cm³/mol. The molecule has 0 saturated carbocycles. The molecule has 0 radical (unpaired) electrons. The average molecular weight is 309 g/mol. The summed E-state index contributed by atoms with van der Waals surface area (Å²) in [4.78, 5) is 13.2. The Bertz CT molecular complexity index is 547. The van der Waals surface area contributed by atoms with Gasteiger partial charge in [-0.25, -0.2) is 4.39 Å². The van der Waals surface area contributed by atoms with Crippen molar-refractivity contribution < 1.29 is 23.4 Å². The van der Waals surface area contributed by atoms with Crippen LogP contribution in [0.25, 0.3) is 0 Å². The normalized spacial score (nSPS) is 20.4. The maximum absolute atomic E-state index is 14.3. The monoisotopic (exact) mass is 309 g/mol. The van der Waals surface area contributed by atoms with E-state index in [4.69, 9.17) is 9.47 Å². The van der Waals surface area contributed by atoms with Crippen molar-refractivity contribution in [1.29, 1.82) is 0 Å². The highest BCUT2D eigenvalue weighted by molar-refractivity contribution is 5.72. The second kappa shape index (κ2) is 6.22. The number of nitrogens with zero attached hydrogens (tertiary/aromatic N) is 1. The minimum atomic E-state index is -0.461. The molecule has 5 nitrogen and oxygen atoms in total. The van der Waals surface area contributed by atoms with Crippen molar-refractivity contribution >= 4 is 11.7 Å². The van der Waals surface area contributed by atoms with Gasteiger partial charge in [0.25, 0.3) is 0 Å². The van der Waals surface area contributed by atoms with E-state index < -0.39 is 5.79 Å². The molecule has 1 aromatic carbocycles. The maximum Gasteiger partial charge on any atom is 0.309 e. The molecule has 0 aliphatic carbocycles. The summed E-state index contributed by atoms with van der Waals surface area (Å²) in [5.41, 5.74) is 1.17. The smallest absolute Gasteiger partial charge is 0.309 e. The number of methoxy groups -OCH3 is 1. The molecule has 2 fully saturated rings. The van der Waals surface area contributed by atoms with Gasteiger partial charge in [-0.3, -0.25) is 4.79 Å². The van der Waals surface area contributed by atoms with Gasteiger partial charge in [-0.05, 0) is 17.7 Å². The van der Waals surface area contributed by atoms with E-state index >= 15 is 0 Å². The van der Waals surface area contributed by atoms with Crippen molar-refractivity contribution in [2.45, 2.75) is 25.0 Å². The van der Waals surface area contributed by atoms with Gasteiger partial charge in [-0.1, -0.05) is 6.07 Å². The van der Waals surface area contributed by atoms with E-state index in [-0.39, 0.29) is 18.2 Å². The van der Waals surface area contributed by atoms with Crippen LogP contribution in [0.3, 0.4) is 0 Å². The number of carbonyl (C=O) groups is 1. The Morgan fingerprint density at radius 3 is 2.59 bits per heavy atom. The van der Waals surface area contributed by atoms with Gasteiger partial charge >= 0.3 is 5.97 Å². The summed E-state index contributed by atoms with van der Waals surface area (Å²) < 4.78 is 30.3. The average Bonchev–Trinajstić information content (AvgIpc) is 2.97. The molecular weight excluding hydrogens is 289 g/mol. The molecule has 2 saturated heterocycles. The fourth-order valence-corrected chi connectivity index (χ4v) is 3.03. The molecule has 0 bridgehead atoms. The molecule has 120 valence electrons. The number of rotatable bonds is 3. The Hall–Kier alpha value is -1.66. The van der Waals surface area contributed by atoms with E-state index in [1.165, 1.54) is 13.2 Å². The zero-order valence-corrected chi connectivity index (χ0v) is 12.6. The van der Waals surface area contributed by atoms with Crippen LogP contribution in [0.2, 0.25) is 0 Å². The second-order valence-corrected chi connectivity index (χ2v) is 5.63. The predicted octanol–water partition coefficient (Wildman–Crippen LogP) is 1.88. The first-order valence-corrected chi connectivity index (χ1v) is 7.50. The maximum atomic E-state index is 14.3. The molecule has 2 heterocycles. The van der Waals surface area contributed by atoms with Crippen molar-refractivity contribution in [3.63, 3.8) is 0 Å². The second-order valence-electron chi connectivity index (χ2n) is 5.63. The van der Waals surface area contributed by atoms with Gasteiger partial charge in [0.05, 0.1) is 32.4 Å². The van der Waals surface area contributed by atoms with Gasteiger partial charge in [-0.2, -0.15) is 0 Å². The van der Waals surface area contributed by atoms with E-state index in [0.717, 1.165) is 12.8 Å². The number of benzene rings is 1. The van der Waals surface area contributed by atoms with Crippen LogP contribution in [-0.4, -0.2) is 45.2 Å². The van der Waals surface area contributed by atoms with Crippen molar-refractivity contribution in [2.24, 2.45) is 0 Å². The van der Waals surface area contributed by atoms with E-state index in [1.54, 1.807) is 12.1 Å². The lowest BCUT2D eigenvalue weighted by atomic mass is 10.0. The number of halogens is 1. The number of hydrogen-bond acceptors (Lipinski definition) is 5. The molecule has 22 heavy (non-hydrogen) atoms. The van der Waals surface area contributed by atoms with E-state index in [2.05, 4.69) is 4.74 Å². The summed E-state index contributed by atoms with van der Waals surface area (Å²) in [6.07, 6.45) is 1.55. The summed E-state index contributed by atoms with van der Waals surface area (Å²) >= 11 is 0. The van der Waals surface area contributed by atoms with Crippen LogP contribution in [0.15, 0.2) is 18.2 Å². The molecule has 2 aliphatic heterocycles. The third kappa shape index (κ3) is 3.08. The first kappa shape index (κ1) is 15.2. The lowest BCUT2D eigenvalue weighted by molar-refractivity contribution is -0.169. The third-order valence-corrected chi connectivity index (χ3v) is 4.27. The highest BCUT2D eigenvalue weighted by Crippen LogP contribution is 2.34. The van der Waals surface area contributed by atoms with Gasteiger partial charge in [0.1, 0.15) is 5.82 Å². The van der Waals surface area contributed by atoms with Crippen molar-refractivity contribution in [3.05, 3.63) is 29.6 Å². The van der Waals surface area contributed by atoms with E-state index in [9.17, 15) is 9.18 Å². The van der Waals surface area contributed by atoms with Crippen LogP contribution in [-0.2, 0) is 25.4 Å². The SMILES string of the molecule is COC(=O)Cc1ccc(N2CCC3(CC2)OCCO3)c(F)c1. The Labute approximate surface area is 128 Å². The van der Waals surface area contributed by atoms with Crippen LogP contribution in [0, 0.1) is 5.82 Å². The van der Waals surface area contributed by atoms with Crippen molar-refractivity contribution in [2.75, 3.05) is 38.3 Å². The number of hydrogen-bond donors (Lipinski definition) is 0. The first-order valence-electron chi connectivity index (χ1n) is 7.50. The summed E-state index contributed by atoms with van der Waals surface area (Å²) in [5, 5.41) is 0. The third-order valence-electron chi connectivity index (χ3n) is 4.27. The quantitative estimate of drug-likeness (QED) is 0.798. The Morgan fingerprint density at radius 1 is 1.32 bits per heavy atom. The van der Waals surface area contributed by atoms with E-state index in [1.807, 2.05) is 4.90 Å². The fraction of sp³-hybridized carbons (Fsp3) is 0.562. The number of anilines is 1. The lowest BCUT2D eigenvalue weighted by Gasteiger charge is -2.38. The summed E-state index contributed by atoms with van der Waals surface area (Å²) in [7, 11) is 1.32. The standard InChI is InChI=1S/C16H20FNO4/c1-20-15(19)11-12-2-3-14(13(17)10-12)18-6-4-16(5-7-18)21-8-9-22-16/h2-3,10H,4-9,11H2,1H3. The first-order chi connectivity index (χ1) is 10.6. The molecule has 3 rings (SSSR count). The van der Waals surface area contributed by atoms with Gasteiger partial charge < -0.3 is 19.1 Å². The van der Waals surface area contributed by atoms with Crippen LogP contribution in [0.4, 0.5) is 10.1 Å². The van der Waals surface area contributed by atoms with Gasteiger partial charge in [0.15, 0.2) is 5.79 Å². The summed E-state index contributed by atoms with van der Waals surface area (Å²) in [6, 6.07) is 4.89. The van der Waals surface area contributed by atoms with Crippen LogP contribution in [0.5, 0.6) is 0 Å². The lowest BCUT2D eigenvalue weighted by Crippen LogP contribution is -2.45. The summed E-state index contributed by atoms with van der Waals surface area (Å²) in [5.74, 6) is -1.15. The van der Waals surface area contributed by atoms with Gasteiger partial charge in [0, 0.05) is 25.9 Å². The van der Waals surface area contributed by atoms with Crippen LogP contribution < -0.4 is 4.90 Å². The van der Waals surface area contributed by atoms with Gasteiger partial charge in [-0.15, -0.1) is 0 Å². The molecular formula is C16H20FNO4. The highest BCUT2D eigenvalue weighted by Gasteiger charge is 2.40. The molecule has 0 unspecified atom stereocenters. The largest absolute Gasteiger partial charge is 0.469 e. The minimum absolute atomic E-state index is 0.0818. The van der Waals surface area contributed by atoms with E-state index in [0.29, 0.717) is 37.6 Å². The summed E-state index contributed by atoms with van der Waals surface area (Å²) in [6.45, 7) is 2.65. The molecule has 6 heteroatoms. The Morgan fingerprint density at radius 2 is 2.00 bits per heavy atom. The van der Waals surface area contributed by atoms with Crippen LogP contribution in [0.1, 0.15) is 18.4 Å². The number of ether oxygens (including phenoxy) is 3. The van der Waals surface area contributed by atoms with Crippen molar-refractivity contribution in [1.82, 2.24) is 0 Å². The molecule has 1 spiro atoms. The fourth-order valence-electron chi connectivity index (χ4n) is 3.03. The molecule has 2 aliphatic rings. The van der Waals surface area contributed by atoms with Crippen molar-refractivity contribution in [3.8, 4) is 0 Å². The molecule has 0 amide bonds. The number of piperidine rings is 1. The molecule has 0 N–H and O–H groups in total.